The number of allylic oxidation sites excluding steroid dienone is 1. The molecule has 22 heavy (non-hydrogen) atoms. The summed E-state index contributed by atoms with van der Waals surface area (Å²) >= 11 is 0. The third-order valence-electron chi connectivity index (χ3n) is 3.02. The van der Waals surface area contributed by atoms with Gasteiger partial charge in [0, 0.05) is 20.8 Å². The van der Waals surface area contributed by atoms with E-state index in [1.165, 1.54) is 6.08 Å². The van der Waals surface area contributed by atoms with Gasteiger partial charge in [-0.1, -0.05) is 31.8 Å². The Morgan fingerprint density at radius 1 is 1.32 bits per heavy atom. The van der Waals surface area contributed by atoms with Crippen LogP contribution >= 0.6 is 0 Å². The minimum absolute atomic E-state index is 0.00266. The van der Waals surface area contributed by atoms with Crippen LogP contribution in [0.1, 0.15) is 26.2 Å². The molecule has 0 saturated heterocycles. The molecule has 128 valence electrons. The molecule has 1 atom stereocenters. The molecule has 0 amide bonds. The van der Waals surface area contributed by atoms with E-state index in [9.17, 15) is 4.79 Å². The van der Waals surface area contributed by atoms with E-state index in [0.717, 1.165) is 31.9 Å². The lowest BCUT2D eigenvalue weighted by Crippen LogP contribution is -2.22. The van der Waals surface area contributed by atoms with E-state index in [1.54, 1.807) is 13.0 Å². The van der Waals surface area contributed by atoms with Crippen LogP contribution in [-0.2, 0) is 19.0 Å². The van der Waals surface area contributed by atoms with E-state index < -0.39 is 8.07 Å². The largest absolute Gasteiger partial charge is 0.463 e. The molecule has 0 aromatic carbocycles. The van der Waals surface area contributed by atoms with Gasteiger partial charge in [0.25, 0.3) is 0 Å². The van der Waals surface area contributed by atoms with Gasteiger partial charge in [0.1, 0.15) is 6.79 Å². The van der Waals surface area contributed by atoms with Gasteiger partial charge in [-0.25, -0.2) is 4.79 Å². The van der Waals surface area contributed by atoms with Crippen molar-refractivity contribution in [1.29, 1.82) is 0 Å². The van der Waals surface area contributed by atoms with E-state index in [-0.39, 0.29) is 12.1 Å². The summed E-state index contributed by atoms with van der Waals surface area (Å²) in [6, 6.07) is 1.15. The number of rotatable bonds is 13. The van der Waals surface area contributed by atoms with Crippen molar-refractivity contribution < 1.29 is 19.0 Å². The number of carbonyl (C=O) groups excluding carboxylic acids is 1. The molecule has 0 aliphatic heterocycles. The van der Waals surface area contributed by atoms with Gasteiger partial charge in [0.2, 0.25) is 0 Å². The van der Waals surface area contributed by atoms with Gasteiger partial charge in [-0.2, -0.15) is 0 Å². The number of hydrogen-bond acceptors (Lipinski definition) is 4. The zero-order valence-electron chi connectivity index (χ0n) is 14.6. The molecule has 0 aliphatic rings. The first-order valence-electron chi connectivity index (χ1n) is 8.04. The third-order valence-corrected chi connectivity index (χ3v) is 4.73. The van der Waals surface area contributed by atoms with Gasteiger partial charge >= 0.3 is 5.97 Å². The van der Waals surface area contributed by atoms with Crippen LogP contribution < -0.4 is 0 Å². The Bertz CT molecular complexity index is 334. The van der Waals surface area contributed by atoms with Gasteiger partial charge in [-0.05, 0) is 32.2 Å². The van der Waals surface area contributed by atoms with Crippen LogP contribution in [0.4, 0.5) is 0 Å². The van der Waals surface area contributed by atoms with Crippen molar-refractivity contribution in [2.75, 3.05) is 20.0 Å². The van der Waals surface area contributed by atoms with Crippen LogP contribution in [0, 0.1) is 0 Å². The second-order valence-corrected chi connectivity index (χ2v) is 12.0. The number of esters is 1. The molecule has 0 spiro atoms. The van der Waals surface area contributed by atoms with Crippen molar-refractivity contribution in [1.82, 2.24) is 0 Å². The SMILES string of the molecule is C=C[C@@H](CCC/C=C/C(=O)OCC)OCOCC[Si](C)(C)C. The van der Waals surface area contributed by atoms with Crippen molar-refractivity contribution in [3.8, 4) is 0 Å². The maximum Gasteiger partial charge on any atom is 0.330 e. The monoisotopic (exact) mass is 328 g/mol. The lowest BCUT2D eigenvalue weighted by Gasteiger charge is -2.17. The molecule has 0 saturated carbocycles. The third kappa shape index (κ3) is 14.0. The Morgan fingerprint density at radius 2 is 2.05 bits per heavy atom. The fraction of sp³-hybridized carbons (Fsp3) is 0.706. The van der Waals surface area contributed by atoms with Crippen LogP contribution in [-0.4, -0.2) is 40.2 Å². The van der Waals surface area contributed by atoms with Crippen molar-refractivity contribution in [2.45, 2.75) is 58.0 Å². The van der Waals surface area contributed by atoms with E-state index >= 15 is 0 Å². The highest BCUT2D eigenvalue weighted by molar-refractivity contribution is 6.76. The Labute approximate surface area is 136 Å². The summed E-state index contributed by atoms with van der Waals surface area (Å²) in [4.78, 5) is 11.1. The first-order chi connectivity index (χ1) is 10.4. The van der Waals surface area contributed by atoms with Crippen molar-refractivity contribution in [3.05, 3.63) is 24.8 Å². The van der Waals surface area contributed by atoms with E-state index in [4.69, 9.17) is 14.2 Å². The molecule has 4 nitrogen and oxygen atoms in total. The second-order valence-electron chi connectivity index (χ2n) is 6.36. The zero-order valence-corrected chi connectivity index (χ0v) is 15.6. The summed E-state index contributed by atoms with van der Waals surface area (Å²) in [7, 11) is -1.03. The van der Waals surface area contributed by atoms with Gasteiger partial charge in [0.15, 0.2) is 0 Å². The van der Waals surface area contributed by atoms with E-state index in [0.29, 0.717) is 13.4 Å². The molecule has 0 unspecified atom stereocenters. The Kier molecular flexibility index (Phi) is 12.1. The highest BCUT2D eigenvalue weighted by atomic mass is 28.3. The number of ether oxygens (including phenoxy) is 3. The topological polar surface area (TPSA) is 44.8 Å². The molecule has 0 aliphatic carbocycles. The molecule has 0 fully saturated rings. The van der Waals surface area contributed by atoms with Crippen molar-refractivity contribution in [2.24, 2.45) is 0 Å². The van der Waals surface area contributed by atoms with Crippen LogP contribution in [0.2, 0.25) is 25.7 Å². The predicted octanol–water partition coefficient (Wildman–Crippen LogP) is 4.16. The van der Waals surface area contributed by atoms with Crippen molar-refractivity contribution in [3.63, 3.8) is 0 Å². The lowest BCUT2D eigenvalue weighted by molar-refractivity contribution is -0.137. The quantitative estimate of drug-likeness (QED) is 0.127. The number of carbonyl (C=O) groups is 1. The van der Waals surface area contributed by atoms with Crippen LogP contribution in [0.3, 0.4) is 0 Å². The fourth-order valence-electron chi connectivity index (χ4n) is 1.65. The lowest BCUT2D eigenvalue weighted by atomic mass is 10.1. The van der Waals surface area contributed by atoms with Gasteiger partial charge in [0.05, 0.1) is 12.7 Å². The van der Waals surface area contributed by atoms with Gasteiger partial charge < -0.3 is 14.2 Å². The molecule has 5 heteroatoms. The molecular formula is C17H32O4Si. The zero-order chi connectivity index (χ0) is 16.8. The summed E-state index contributed by atoms with van der Waals surface area (Å²) in [5.74, 6) is -0.283. The summed E-state index contributed by atoms with van der Waals surface area (Å²) in [5, 5.41) is 0. The van der Waals surface area contributed by atoms with Crippen LogP contribution in [0.5, 0.6) is 0 Å². The average molecular weight is 329 g/mol. The summed E-state index contributed by atoms with van der Waals surface area (Å²) in [6.45, 7) is 14.1. The maximum absolute atomic E-state index is 11.1. The molecule has 0 heterocycles. The average Bonchev–Trinajstić information content (AvgIpc) is 2.43. The highest BCUT2D eigenvalue weighted by Gasteiger charge is 2.12. The summed E-state index contributed by atoms with van der Waals surface area (Å²) in [5.41, 5.74) is 0. The van der Waals surface area contributed by atoms with Crippen LogP contribution in [0.15, 0.2) is 24.8 Å². The second kappa shape index (κ2) is 12.6. The Morgan fingerprint density at radius 3 is 2.64 bits per heavy atom. The maximum atomic E-state index is 11.1. The summed E-state index contributed by atoms with van der Waals surface area (Å²) < 4.78 is 16.0. The molecular weight excluding hydrogens is 296 g/mol. The first-order valence-corrected chi connectivity index (χ1v) is 11.7. The summed E-state index contributed by atoms with van der Waals surface area (Å²) in [6.07, 6.45) is 7.74. The van der Waals surface area contributed by atoms with E-state index in [2.05, 4.69) is 26.2 Å². The predicted molar refractivity (Wildman–Crippen MR) is 93.7 cm³/mol. The first kappa shape index (κ1) is 21.1. The number of unbranched alkanes of at least 4 members (excludes halogenated alkanes) is 1. The molecule has 0 aromatic heterocycles. The van der Waals surface area contributed by atoms with E-state index in [1.807, 2.05) is 6.08 Å². The fourth-order valence-corrected chi connectivity index (χ4v) is 2.41. The molecule has 0 radical (unpaired) electrons. The van der Waals surface area contributed by atoms with Gasteiger partial charge in [-0.15, -0.1) is 6.58 Å². The minimum Gasteiger partial charge on any atom is -0.463 e. The van der Waals surface area contributed by atoms with Crippen LogP contribution in [0.25, 0.3) is 0 Å². The Balaban J connectivity index is 3.67. The molecule has 0 rings (SSSR count). The number of hydrogen-bond donors (Lipinski definition) is 0. The molecule has 0 aromatic rings. The normalized spacial score (nSPS) is 13.3. The van der Waals surface area contributed by atoms with Crippen molar-refractivity contribution >= 4 is 14.0 Å². The Hall–Kier alpha value is -0.913. The molecule has 0 N–H and O–H groups in total. The van der Waals surface area contributed by atoms with Gasteiger partial charge in [-0.3, -0.25) is 0 Å². The standard InChI is InChI=1S/C17H32O4Si/c1-6-16(21-15-19-13-14-22(3,4)5)11-9-8-10-12-17(18)20-7-2/h6,10,12,16H,1,7-9,11,13-15H2,2-5H3/b12-10+/t16-/m0/s1. The highest BCUT2D eigenvalue weighted by Crippen LogP contribution is 2.09. The smallest absolute Gasteiger partial charge is 0.330 e. The minimum atomic E-state index is -1.03. The molecule has 0 bridgehead atoms.